The molecule has 1 saturated heterocycles. The van der Waals surface area contributed by atoms with Gasteiger partial charge >= 0.3 is 0 Å². The molecule has 1 aliphatic rings. The van der Waals surface area contributed by atoms with Crippen LogP contribution < -0.4 is 0 Å². The van der Waals surface area contributed by atoms with Gasteiger partial charge in [-0.15, -0.1) is 16.4 Å². The number of halogens is 1. The van der Waals surface area contributed by atoms with Gasteiger partial charge in [0.1, 0.15) is 5.82 Å². The predicted molar refractivity (Wildman–Crippen MR) is 101 cm³/mol. The lowest BCUT2D eigenvalue weighted by atomic mass is 10.2. The maximum atomic E-state index is 13.3. The number of nitrogens with zero attached hydrogens (tertiary/aromatic N) is 4. The molecule has 0 radical (unpaired) electrons. The normalized spacial score (nSPS) is 20.0. The van der Waals surface area contributed by atoms with Crippen molar-refractivity contribution in [2.24, 2.45) is 0 Å². The first-order valence-electron chi connectivity index (χ1n) is 8.73. The molecule has 4 rings (SSSR count). The molecule has 3 heterocycles. The number of hydrogen-bond donors (Lipinski definition) is 0. The highest BCUT2D eigenvalue weighted by Crippen LogP contribution is 2.26. The molecule has 3 aromatic rings. The summed E-state index contributed by atoms with van der Waals surface area (Å²) in [5.74, 6) is 0.137. The topological polar surface area (TPSA) is 60.2 Å². The third kappa shape index (κ3) is 3.63. The highest BCUT2D eigenvalue weighted by Gasteiger charge is 2.30. The van der Waals surface area contributed by atoms with Crippen molar-refractivity contribution >= 4 is 17.2 Å². The van der Waals surface area contributed by atoms with Crippen molar-refractivity contribution in [3.8, 4) is 16.4 Å². The molecular weight excluding hydrogens is 367 g/mol. The van der Waals surface area contributed by atoms with Gasteiger partial charge in [-0.3, -0.25) is 4.79 Å². The minimum Gasteiger partial charge on any atom is -0.372 e. The Morgan fingerprint density at radius 3 is 2.52 bits per heavy atom. The number of carbonyl (C=O) groups excluding carboxylic acids is 1. The van der Waals surface area contributed by atoms with Crippen molar-refractivity contribution in [1.29, 1.82) is 0 Å². The molecule has 0 spiro atoms. The Bertz CT molecular complexity index is 929. The van der Waals surface area contributed by atoms with E-state index in [-0.39, 0.29) is 29.8 Å². The van der Waals surface area contributed by atoms with Crippen LogP contribution in [-0.2, 0) is 4.74 Å². The molecule has 1 aromatic carbocycles. The van der Waals surface area contributed by atoms with Crippen LogP contribution in [0, 0.1) is 5.82 Å². The molecule has 0 saturated carbocycles. The smallest absolute Gasteiger partial charge is 0.293 e. The lowest BCUT2D eigenvalue weighted by Gasteiger charge is -2.34. The van der Waals surface area contributed by atoms with Gasteiger partial charge in [0.25, 0.3) is 5.91 Å². The standard InChI is InChI=1S/C19H19FN4O2S/c1-12-10-23(11-13(2)26-12)19(25)17-21-18(16-4-3-9-27-16)24(22-17)15-7-5-14(20)6-8-15/h3-9,12-13H,10-11H2,1-2H3/t12-,13+. The van der Waals surface area contributed by atoms with Crippen LogP contribution in [0.1, 0.15) is 24.5 Å². The second-order valence-corrected chi connectivity index (χ2v) is 7.54. The second-order valence-electron chi connectivity index (χ2n) is 6.59. The summed E-state index contributed by atoms with van der Waals surface area (Å²) < 4.78 is 20.6. The van der Waals surface area contributed by atoms with E-state index >= 15 is 0 Å². The van der Waals surface area contributed by atoms with Crippen molar-refractivity contribution in [3.05, 3.63) is 53.4 Å². The first kappa shape index (κ1) is 17.8. The number of amides is 1. The van der Waals surface area contributed by atoms with E-state index in [1.54, 1.807) is 21.7 Å². The summed E-state index contributed by atoms with van der Waals surface area (Å²) in [6.45, 7) is 4.89. The zero-order valence-corrected chi connectivity index (χ0v) is 15.8. The molecule has 1 amide bonds. The van der Waals surface area contributed by atoms with Crippen LogP contribution in [0.3, 0.4) is 0 Å². The first-order valence-corrected chi connectivity index (χ1v) is 9.61. The molecular formula is C19H19FN4O2S. The largest absolute Gasteiger partial charge is 0.372 e. The minimum atomic E-state index is -0.330. The van der Waals surface area contributed by atoms with Crippen LogP contribution in [0.15, 0.2) is 41.8 Å². The van der Waals surface area contributed by atoms with Gasteiger partial charge < -0.3 is 9.64 Å². The fourth-order valence-electron chi connectivity index (χ4n) is 3.22. The number of ether oxygens (including phenoxy) is 1. The van der Waals surface area contributed by atoms with E-state index in [1.807, 2.05) is 31.4 Å². The average Bonchev–Trinajstić information content (AvgIpc) is 3.30. The van der Waals surface area contributed by atoms with E-state index in [2.05, 4.69) is 10.1 Å². The van der Waals surface area contributed by atoms with Crippen LogP contribution >= 0.6 is 11.3 Å². The molecule has 2 atom stereocenters. The van der Waals surface area contributed by atoms with E-state index < -0.39 is 0 Å². The monoisotopic (exact) mass is 386 g/mol. The van der Waals surface area contributed by atoms with Crippen LogP contribution in [0.4, 0.5) is 4.39 Å². The molecule has 0 aliphatic carbocycles. The number of thiophene rings is 1. The number of benzene rings is 1. The van der Waals surface area contributed by atoms with Crippen LogP contribution in [0.25, 0.3) is 16.4 Å². The summed E-state index contributed by atoms with van der Waals surface area (Å²) in [5, 5.41) is 6.39. The van der Waals surface area contributed by atoms with E-state index in [0.717, 1.165) is 4.88 Å². The van der Waals surface area contributed by atoms with Gasteiger partial charge in [-0.1, -0.05) is 6.07 Å². The summed E-state index contributed by atoms with van der Waals surface area (Å²) >= 11 is 1.51. The van der Waals surface area contributed by atoms with Crippen molar-refractivity contribution in [1.82, 2.24) is 19.7 Å². The van der Waals surface area contributed by atoms with Crippen molar-refractivity contribution in [2.45, 2.75) is 26.1 Å². The number of hydrogen-bond acceptors (Lipinski definition) is 5. The molecule has 1 aliphatic heterocycles. The molecule has 0 unspecified atom stereocenters. The van der Waals surface area contributed by atoms with Gasteiger partial charge in [0.05, 0.1) is 22.8 Å². The van der Waals surface area contributed by atoms with Crippen LogP contribution in [0.5, 0.6) is 0 Å². The number of aromatic nitrogens is 3. The van der Waals surface area contributed by atoms with Gasteiger partial charge in [-0.05, 0) is 49.6 Å². The highest BCUT2D eigenvalue weighted by molar-refractivity contribution is 7.13. The molecule has 140 valence electrons. The fraction of sp³-hybridized carbons (Fsp3) is 0.316. The molecule has 27 heavy (non-hydrogen) atoms. The molecule has 6 nitrogen and oxygen atoms in total. The number of rotatable bonds is 3. The molecule has 1 fully saturated rings. The van der Waals surface area contributed by atoms with E-state index in [1.165, 1.54) is 23.5 Å². The van der Waals surface area contributed by atoms with Crippen LogP contribution in [0.2, 0.25) is 0 Å². The Kier molecular flexibility index (Phi) is 4.75. The second kappa shape index (κ2) is 7.21. The summed E-state index contributed by atoms with van der Waals surface area (Å²) in [6.07, 6.45) is -0.0673. The van der Waals surface area contributed by atoms with Gasteiger partial charge in [0.15, 0.2) is 5.82 Å². The summed E-state index contributed by atoms with van der Waals surface area (Å²) in [6, 6.07) is 9.80. The van der Waals surface area contributed by atoms with E-state index in [4.69, 9.17) is 4.74 Å². The molecule has 8 heteroatoms. The van der Waals surface area contributed by atoms with Gasteiger partial charge in [-0.2, -0.15) is 0 Å². The third-order valence-corrected chi connectivity index (χ3v) is 5.18. The Hall–Kier alpha value is -2.58. The zero-order chi connectivity index (χ0) is 19.0. The van der Waals surface area contributed by atoms with Gasteiger partial charge in [0.2, 0.25) is 5.82 Å². The van der Waals surface area contributed by atoms with Crippen molar-refractivity contribution in [3.63, 3.8) is 0 Å². The maximum absolute atomic E-state index is 13.3. The Balaban J connectivity index is 1.73. The van der Waals surface area contributed by atoms with Crippen LogP contribution in [-0.4, -0.2) is 50.9 Å². The number of carbonyl (C=O) groups is 1. The lowest BCUT2D eigenvalue weighted by molar-refractivity contribution is -0.0588. The maximum Gasteiger partial charge on any atom is 0.293 e. The summed E-state index contributed by atoms with van der Waals surface area (Å²) in [4.78, 5) is 20.1. The van der Waals surface area contributed by atoms with E-state index in [9.17, 15) is 9.18 Å². The predicted octanol–water partition coefficient (Wildman–Crippen LogP) is 3.38. The Morgan fingerprint density at radius 2 is 1.89 bits per heavy atom. The summed E-state index contributed by atoms with van der Waals surface area (Å²) in [5.41, 5.74) is 0.648. The Labute approximate surface area is 160 Å². The van der Waals surface area contributed by atoms with Gasteiger partial charge in [0, 0.05) is 13.1 Å². The average molecular weight is 386 g/mol. The third-order valence-electron chi connectivity index (χ3n) is 4.32. The molecule has 2 aromatic heterocycles. The highest BCUT2D eigenvalue weighted by atomic mass is 32.1. The first-order chi connectivity index (χ1) is 13.0. The minimum absolute atomic E-state index is 0.0337. The quantitative estimate of drug-likeness (QED) is 0.692. The van der Waals surface area contributed by atoms with Crippen molar-refractivity contribution in [2.75, 3.05) is 13.1 Å². The SMILES string of the molecule is C[C@@H]1CN(C(=O)c2nc(-c3cccs3)n(-c3ccc(F)cc3)n2)C[C@H](C)O1. The zero-order valence-electron chi connectivity index (χ0n) is 15.0. The lowest BCUT2D eigenvalue weighted by Crippen LogP contribution is -2.48. The van der Waals surface area contributed by atoms with Gasteiger partial charge in [-0.25, -0.2) is 14.1 Å². The molecule has 0 N–H and O–H groups in total. The molecule has 0 bridgehead atoms. The number of morpholine rings is 1. The fourth-order valence-corrected chi connectivity index (χ4v) is 3.91. The van der Waals surface area contributed by atoms with E-state index in [0.29, 0.717) is 24.6 Å². The Morgan fingerprint density at radius 1 is 1.19 bits per heavy atom. The van der Waals surface area contributed by atoms with Crippen molar-refractivity contribution < 1.29 is 13.9 Å². The summed E-state index contributed by atoms with van der Waals surface area (Å²) in [7, 11) is 0.